The van der Waals surface area contributed by atoms with E-state index in [0.29, 0.717) is 0 Å². The number of nitrogens with zero attached hydrogens (tertiary/aromatic N) is 1. The molecule has 1 aromatic carbocycles. The Morgan fingerprint density at radius 2 is 1.41 bits per heavy atom. The molecule has 0 spiro atoms. The second-order valence-electron chi connectivity index (χ2n) is 7.16. The second kappa shape index (κ2) is 12.6. The normalized spacial score (nSPS) is 11.3. The van der Waals surface area contributed by atoms with Gasteiger partial charge in [-0.25, -0.2) is 0 Å². The third-order valence-electron chi connectivity index (χ3n) is 5.00. The molecule has 1 aromatic heterocycles. The van der Waals surface area contributed by atoms with Crippen molar-refractivity contribution in [1.29, 1.82) is 0 Å². The molecule has 148 valence electrons. The molecule has 0 aliphatic carbocycles. The van der Waals surface area contributed by atoms with Crippen molar-refractivity contribution in [2.45, 2.75) is 71.0 Å². The van der Waals surface area contributed by atoms with Crippen LogP contribution in [0.2, 0.25) is 0 Å². The largest absolute Gasteiger partial charge is 0.352 e. The number of methoxy groups -OCH3 is 2. The molecule has 1 heterocycles. The molecule has 0 unspecified atom stereocenters. The van der Waals surface area contributed by atoms with Gasteiger partial charge >= 0.3 is 0 Å². The van der Waals surface area contributed by atoms with Crippen LogP contribution in [0.4, 0.5) is 0 Å². The third-order valence-corrected chi connectivity index (χ3v) is 5.00. The maximum absolute atomic E-state index is 5.30. The van der Waals surface area contributed by atoms with E-state index in [1.807, 2.05) is 12.1 Å². The summed E-state index contributed by atoms with van der Waals surface area (Å²) in [5.74, 6) is 0. The van der Waals surface area contributed by atoms with Gasteiger partial charge in [0.05, 0.1) is 5.69 Å². The number of unbranched alkanes of at least 4 members (excludes halogenated alkanes) is 7. The molecule has 0 saturated heterocycles. The van der Waals surface area contributed by atoms with Crippen LogP contribution in [0, 0.1) is 0 Å². The Balaban J connectivity index is 1.82. The Kier molecular flexibility index (Phi) is 10.1. The monoisotopic (exact) mass is 369 g/mol. The van der Waals surface area contributed by atoms with Gasteiger partial charge in [-0.1, -0.05) is 82.2 Å². The average Bonchev–Trinajstić information content (AvgIpc) is 2.72. The molecule has 0 saturated carbocycles. The van der Waals surface area contributed by atoms with Crippen LogP contribution in [0.3, 0.4) is 0 Å². The van der Waals surface area contributed by atoms with Gasteiger partial charge < -0.3 is 9.47 Å². The zero-order valence-corrected chi connectivity index (χ0v) is 17.2. The maximum Gasteiger partial charge on any atom is 0.183 e. The lowest BCUT2D eigenvalue weighted by molar-refractivity contribution is -0.106. The Morgan fingerprint density at radius 1 is 0.778 bits per heavy atom. The lowest BCUT2D eigenvalue weighted by atomic mass is 10.1. The molecule has 0 aliphatic rings. The van der Waals surface area contributed by atoms with Gasteiger partial charge in [-0.05, 0) is 25.0 Å². The number of rotatable bonds is 13. The van der Waals surface area contributed by atoms with E-state index in [9.17, 15) is 0 Å². The summed E-state index contributed by atoms with van der Waals surface area (Å²) in [6, 6.07) is 14.6. The molecule has 2 rings (SSSR count). The SMILES string of the molecule is CCCCCCCCCCc1cccc(-c2ccc(C(OC)OC)cc2)n1. The van der Waals surface area contributed by atoms with Crippen molar-refractivity contribution in [1.82, 2.24) is 4.98 Å². The summed E-state index contributed by atoms with van der Waals surface area (Å²) in [5.41, 5.74) is 4.36. The highest BCUT2D eigenvalue weighted by Gasteiger charge is 2.09. The van der Waals surface area contributed by atoms with Gasteiger partial charge in [-0.2, -0.15) is 0 Å². The molecule has 2 aromatic rings. The highest BCUT2D eigenvalue weighted by Crippen LogP contribution is 2.23. The molecule has 0 N–H and O–H groups in total. The molecule has 0 aliphatic heterocycles. The summed E-state index contributed by atoms with van der Waals surface area (Å²) < 4.78 is 10.6. The van der Waals surface area contributed by atoms with Gasteiger partial charge in [-0.15, -0.1) is 0 Å². The average molecular weight is 370 g/mol. The summed E-state index contributed by atoms with van der Waals surface area (Å²) in [5, 5.41) is 0. The van der Waals surface area contributed by atoms with Gasteiger partial charge in [0.25, 0.3) is 0 Å². The Labute approximate surface area is 165 Å². The van der Waals surface area contributed by atoms with Crippen LogP contribution < -0.4 is 0 Å². The number of hydrogen-bond donors (Lipinski definition) is 0. The van der Waals surface area contributed by atoms with Crippen molar-refractivity contribution in [2.75, 3.05) is 14.2 Å². The molecule has 3 nitrogen and oxygen atoms in total. The van der Waals surface area contributed by atoms with Crippen LogP contribution >= 0.6 is 0 Å². The molecular weight excluding hydrogens is 334 g/mol. The smallest absolute Gasteiger partial charge is 0.183 e. The highest BCUT2D eigenvalue weighted by molar-refractivity contribution is 5.59. The first kappa shape index (κ1) is 21.6. The molecular formula is C24H35NO2. The first-order valence-corrected chi connectivity index (χ1v) is 10.4. The number of aryl methyl sites for hydroxylation is 1. The summed E-state index contributed by atoms with van der Waals surface area (Å²) >= 11 is 0. The van der Waals surface area contributed by atoms with Crippen LogP contribution in [0.25, 0.3) is 11.3 Å². The fourth-order valence-corrected chi connectivity index (χ4v) is 3.40. The van der Waals surface area contributed by atoms with Crippen molar-refractivity contribution < 1.29 is 9.47 Å². The Hall–Kier alpha value is -1.71. The Bertz CT molecular complexity index is 635. The lowest BCUT2D eigenvalue weighted by Gasteiger charge is -2.14. The number of aromatic nitrogens is 1. The highest BCUT2D eigenvalue weighted by atomic mass is 16.7. The first-order chi connectivity index (χ1) is 13.3. The predicted octanol–water partition coefficient (Wildman–Crippen LogP) is 6.72. The predicted molar refractivity (Wildman–Crippen MR) is 113 cm³/mol. The van der Waals surface area contributed by atoms with Gasteiger partial charge in [0, 0.05) is 31.0 Å². The number of pyridine rings is 1. The maximum atomic E-state index is 5.30. The minimum atomic E-state index is -0.319. The zero-order valence-electron chi connectivity index (χ0n) is 17.2. The van der Waals surface area contributed by atoms with Crippen molar-refractivity contribution in [2.24, 2.45) is 0 Å². The van der Waals surface area contributed by atoms with Gasteiger partial charge in [-0.3, -0.25) is 4.98 Å². The Morgan fingerprint density at radius 3 is 2.04 bits per heavy atom. The fraction of sp³-hybridized carbons (Fsp3) is 0.542. The quantitative estimate of drug-likeness (QED) is 0.290. The van der Waals surface area contributed by atoms with E-state index in [0.717, 1.165) is 23.2 Å². The van der Waals surface area contributed by atoms with Crippen LogP contribution in [0.1, 0.15) is 75.8 Å². The summed E-state index contributed by atoms with van der Waals surface area (Å²) in [7, 11) is 3.30. The molecule has 0 amide bonds. The van der Waals surface area contributed by atoms with E-state index in [1.54, 1.807) is 14.2 Å². The van der Waals surface area contributed by atoms with Gasteiger partial charge in [0.1, 0.15) is 0 Å². The van der Waals surface area contributed by atoms with E-state index in [-0.39, 0.29) is 6.29 Å². The second-order valence-corrected chi connectivity index (χ2v) is 7.16. The van der Waals surface area contributed by atoms with Crippen molar-refractivity contribution >= 4 is 0 Å². The molecule has 0 radical (unpaired) electrons. The summed E-state index contributed by atoms with van der Waals surface area (Å²) in [4.78, 5) is 4.85. The molecule has 0 bridgehead atoms. The van der Waals surface area contributed by atoms with E-state index >= 15 is 0 Å². The number of ether oxygens (including phenoxy) is 2. The van der Waals surface area contributed by atoms with Crippen molar-refractivity contribution in [3.05, 3.63) is 53.7 Å². The minimum absolute atomic E-state index is 0.319. The standard InChI is InChI=1S/C24H35NO2/c1-4-5-6-7-8-9-10-11-13-22-14-12-15-23(25-22)20-16-18-21(19-17-20)24(26-2)27-3/h12,14-19,24H,4-11,13H2,1-3H3. The van der Waals surface area contributed by atoms with E-state index in [4.69, 9.17) is 14.5 Å². The number of benzene rings is 1. The summed E-state index contributed by atoms with van der Waals surface area (Å²) in [6.07, 6.45) is 11.5. The van der Waals surface area contributed by atoms with Crippen molar-refractivity contribution in [3.8, 4) is 11.3 Å². The lowest BCUT2D eigenvalue weighted by Crippen LogP contribution is -2.03. The molecule has 27 heavy (non-hydrogen) atoms. The minimum Gasteiger partial charge on any atom is -0.352 e. The van der Waals surface area contributed by atoms with Crippen molar-refractivity contribution in [3.63, 3.8) is 0 Å². The fourth-order valence-electron chi connectivity index (χ4n) is 3.40. The topological polar surface area (TPSA) is 31.4 Å². The van der Waals surface area contributed by atoms with Crippen LogP contribution in [-0.4, -0.2) is 19.2 Å². The van der Waals surface area contributed by atoms with Crippen LogP contribution in [0.15, 0.2) is 42.5 Å². The zero-order chi connectivity index (χ0) is 19.3. The summed E-state index contributed by atoms with van der Waals surface area (Å²) in [6.45, 7) is 2.27. The van der Waals surface area contributed by atoms with Crippen LogP contribution in [-0.2, 0) is 15.9 Å². The first-order valence-electron chi connectivity index (χ1n) is 10.4. The number of hydrogen-bond acceptors (Lipinski definition) is 3. The van der Waals surface area contributed by atoms with Gasteiger partial charge in [0.2, 0.25) is 0 Å². The molecule has 0 fully saturated rings. The van der Waals surface area contributed by atoms with E-state index < -0.39 is 0 Å². The molecule has 0 atom stereocenters. The third kappa shape index (κ3) is 7.43. The van der Waals surface area contributed by atoms with Crippen LogP contribution in [0.5, 0.6) is 0 Å². The van der Waals surface area contributed by atoms with Gasteiger partial charge in [0.15, 0.2) is 6.29 Å². The van der Waals surface area contributed by atoms with E-state index in [2.05, 4.69) is 37.3 Å². The molecule has 3 heteroatoms. The van der Waals surface area contributed by atoms with E-state index in [1.165, 1.54) is 57.1 Å².